The van der Waals surface area contributed by atoms with Crippen molar-refractivity contribution < 1.29 is 23.1 Å². The van der Waals surface area contributed by atoms with Gasteiger partial charge in [0.2, 0.25) is 0 Å². The zero-order valence-electron chi connectivity index (χ0n) is 21.1. The van der Waals surface area contributed by atoms with Crippen molar-refractivity contribution in [3.8, 4) is 11.1 Å². The summed E-state index contributed by atoms with van der Waals surface area (Å²) in [6.07, 6.45) is 0.649. The number of hydrogen-bond acceptors (Lipinski definition) is 7. The molecule has 0 radical (unpaired) electrons. The number of aromatic carboxylic acids is 1. The van der Waals surface area contributed by atoms with E-state index in [4.69, 9.17) is 0 Å². The van der Waals surface area contributed by atoms with Crippen molar-refractivity contribution >= 4 is 48.6 Å². The molecule has 0 spiro atoms. The average molecular weight is 561 g/mol. The standard InChI is InChI=1S/C28H24N4O5S2/c1-3-23-30-24-17(2)15-22(27(33)34)29-25(24)32(23)16-18-9-11-19(12-10-18)21-13-14-38-26(21)31-39(36,37)28(35)20-7-5-4-6-8-20/h4-15,31H,3,16H2,1-2H3,(H,33,34). The Morgan fingerprint density at radius 2 is 1.74 bits per heavy atom. The molecule has 0 aliphatic rings. The molecule has 39 heavy (non-hydrogen) atoms. The van der Waals surface area contributed by atoms with Crippen molar-refractivity contribution in [2.45, 2.75) is 26.8 Å². The first kappa shape index (κ1) is 26.3. The molecule has 0 unspecified atom stereocenters. The molecule has 5 rings (SSSR count). The number of anilines is 1. The van der Waals surface area contributed by atoms with E-state index in [2.05, 4.69) is 14.7 Å². The van der Waals surface area contributed by atoms with Gasteiger partial charge < -0.3 is 9.67 Å². The molecular weight excluding hydrogens is 536 g/mol. The number of aryl methyl sites for hydroxylation is 2. The predicted molar refractivity (Wildman–Crippen MR) is 151 cm³/mol. The number of carbonyl (C=O) groups is 2. The van der Waals surface area contributed by atoms with Crippen molar-refractivity contribution in [3.05, 3.63) is 100 Å². The number of carboxylic acid groups (broad SMARTS) is 1. The third kappa shape index (κ3) is 5.18. The highest BCUT2D eigenvalue weighted by Gasteiger charge is 2.25. The van der Waals surface area contributed by atoms with E-state index in [1.165, 1.54) is 29.5 Å². The highest BCUT2D eigenvalue weighted by Crippen LogP contribution is 2.34. The van der Waals surface area contributed by atoms with Gasteiger partial charge in [-0.15, -0.1) is 11.3 Å². The maximum atomic E-state index is 12.8. The molecule has 0 bridgehead atoms. The van der Waals surface area contributed by atoms with Gasteiger partial charge in [-0.05, 0) is 41.1 Å². The van der Waals surface area contributed by atoms with Crippen LogP contribution in [0.4, 0.5) is 5.00 Å². The van der Waals surface area contributed by atoms with Crippen molar-refractivity contribution in [1.82, 2.24) is 14.5 Å². The topological polar surface area (TPSA) is 131 Å². The van der Waals surface area contributed by atoms with Gasteiger partial charge in [-0.3, -0.25) is 9.52 Å². The first-order chi connectivity index (χ1) is 18.7. The Kier molecular flexibility index (Phi) is 7.02. The lowest BCUT2D eigenvalue weighted by Gasteiger charge is -2.11. The molecule has 3 aromatic heterocycles. The van der Waals surface area contributed by atoms with Gasteiger partial charge in [0, 0.05) is 17.5 Å². The Labute approximate surface area is 228 Å². The maximum Gasteiger partial charge on any atom is 0.354 e. The van der Waals surface area contributed by atoms with Crippen molar-refractivity contribution in [2.75, 3.05) is 4.72 Å². The summed E-state index contributed by atoms with van der Waals surface area (Å²) < 4.78 is 29.9. The number of benzene rings is 2. The van der Waals surface area contributed by atoms with Gasteiger partial charge in [0.1, 0.15) is 16.3 Å². The molecule has 0 aliphatic carbocycles. The maximum absolute atomic E-state index is 12.8. The molecule has 0 saturated carbocycles. The smallest absolute Gasteiger partial charge is 0.354 e. The number of carbonyl (C=O) groups excluding carboxylic acids is 1. The van der Waals surface area contributed by atoms with E-state index >= 15 is 0 Å². The first-order valence-corrected chi connectivity index (χ1v) is 14.4. The molecule has 198 valence electrons. The summed E-state index contributed by atoms with van der Waals surface area (Å²) in [4.78, 5) is 33.2. The third-order valence-electron chi connectivity index (χ3n) is 6.26. The highest BCUT2D eigenvalue weighted by molar-refractivity contribution is 8.07. The minimum atomic E-state index is -4.29. The summed E-state index contributed by atoms with van der Waals surface area (Å²) in [5, 5.41) is 10.6. The molecule has 0 saturated heterocycles. The normalized spacial score (nSPS) is 11.5. The fourth-order valence-corrected chi connectivity index (χ4v) is 6.39. The van der Waals surface area contributed by atoms with E-state index in [1.54, 1.807) is 29.6 Å². The predicted octanol–water partition coefficient (Wildman–Crippen LogP) is 5.36. The number of sulfonamides is 1. The minimum Gasteiger partial charge on any atom is -0.477 e. The number of rotatable bonds is 8. The Bertz CT molecular complexity index is 1810. The third-order valence-corrected chi connectivity index (χ3v) is 8.42. The van der Waals surface area contributed by atoms with E-state index in [1.807, 2.05) is 42.7 Å². The number of thiophene rings is 1. The summed E-state index contributed by atoms with van der Waals surface area (Å²) in [6, 6.07) is 18.8. The lowest BCUT2D eigenvalue weighted by Crippen LogP contribution is -2.22. The number of nitrogens with one attached hydrogen (secondary N) is 1. The van der Waals surface area contributed by atoms with Crippen LogP contribution in [0.1, 0.15) is 44.7 Å². The van der Waals surface area contributed by atoms with E-state index in [-0.39, 0.29) is 11.3 Å². The van der Waals surface area contributed by atoms with Gasteiger partial charge in [-0.2, -0.15) is 8.42 Å². The average Bonchev–Trinajstić information content (AvgIpc) is 3.53. The van der Waals surface area contributed by atoms with E-state index in [0.29, 0.717) is 34.7 Å². The Morgan fingerprint density at radius 3 is 2.41 bits per heavy atom. The molecular formula is C28H24N4O5S2. The quantitative estimate of drug-likeness (QED) is 0.261. The molecule has 2 N–H and O–H groups in total. The largest absolute Gasteiger partial charge is 0.477 e. The number of aromatic nitrogens is 3. The monoisotopic (exact) mass is 560 g/mol. The van der Waals surface area contributed by atoms with Crippen LogP contribution >= 0.6 is 11.3 Å². The van der Waals surface area contributed by atoms with Crippen LogP contribution in [0.15, 0.2) is 72.1 Å². The van der Waals surface area contributed by atoms with Crippen LogP contribution in [0.5, 0.6) is 0 Å². The molecule has 9 nitrogen and oxygen atoms in total. The number of pyridine rings is 1. The lowest BCUT2D eigenvalue weighted by atomic mass is 10.1. The van der Waals surface area contributed by atoms with Gasteiger partial charge in [-0.25, -0.2) is 14.8 Å². The molecule has 5 aromatic rings. The van der Waals surface area contributed by atoms with Crippen LogP contribution in [0.2, 0.25) is 0 Å². The van der Waals surface area contributed by atoms with Crippen molar-refractivity contribution in [3.63, 3.8) is 0 Å². The Morgan fingerprint density at radius 1 is 1.03 bits per heavy atom. The molecule has 0 atom stereocenters. The zero-order chi connectivity index (χ0) is 27.7. The van der Waals surface area contributed by atoms with Crippen LogP contribution in [0.3, 0.4) is 0 Å². The minimum absolute atomic E-state index is 0.0302. The summed E-state index contributed by atoms with van der Waals surface area (Å²) in [7, 11) is -4.29. The molecule has 11 heteroatoms. The number of imidazole rings is 1. The Balaban J connectivity index is 1.41. The molecule has 0 amide bonds. The fourth-order valence-electron chi connectivity index (χ4n) is 4.32. The van der Waals surface area contributed by atoms with Gasteiger partial charge in [0.25, 0.3) is 5.12 Å². The first-order valence-electron chi connectivity index (χ1n) is 12.1. The van der Waals surface area contributed by atoms with Crippen LogP contribution in [-0.4, -0.2) is 39.1 Å². The van der Waals surface area contributed by atoms with Crippen molar-refractivity contribution in [2.24, 2.45) is 0 Å². The van der Waals surface area contributed by atoms with Gasteiger partial charge in [-0.1, -0.05) is 61.5 Å². The highest BCUT2D eigenvalue weighted by atomic mass is 32.2. The molecule has 3 heterocycles. The molecule has 2 aromatic carbocycles. The summed E-state index contributed by atoms with van der Waals surface area (Å²) >= 11 is 1.19. The number of nitrogens with zero attached hydrogens (tertiary/aromatic N) is 3. The SMILES string of the molecule is CCc1nc2c(C)cc(C(=O)O)nc2n1Cc1ccc(-c2ccsc2NS(=O)(=O)C(=O)c2ccccc2)cc1. The second-order valence-corrected chi connectivity index (χ2v) is 11.4. The van der Waals surface area contributed by atoms with Gasteiger partial charge >= 0.3 is 16.0 Å². The zero-order valence-corrected chi connectivity index (χ0v) is 22.7. The molecule has 0 fully saturated rings. The molecule has 0 aliphatic heterocycles. The van der Waals surface area contributed by atoms with Crippen LogP contribution in [0.25, 0.3) is 22.3 Å². The van der Waals surface area contributed by atoms with E-state index < -0.39 is 21.1 Å². The van der Waals surface area contributed by atoms with E-state index in [0.717, 1.165) is 22.5 Å². The number of hydrogen-bond donors (Lipinski definition) is 2. The second kappa shape index (κ2) is 10.4. The van der Waals surface area contributed by atoms with Crippen LogP contribution in [0, 0.1) is 6.92 Å². The van der Waals surface area contributed by atoms with Gasteiger partial charge in [0.15, 0.2) is 11.3 Å². The van der Waals surface area contributed by atoms with Gasteiger partial charge in [0.05, 0.1) is 6.54 Å². The Hall–Kier alpha value is -4.35. The summed E-state index contributed by atoms with van der Waals surface area (Å²) in [5.74, 6) is -0.298. The fraction of sp³-hybridized carbons (Fsp3) is 0.143. The summed E-state index contributed by atoms with van der Waals surface area (Å²) in [5.41, 5.74) is 4.37. The van der Waals surface area contributed by atoms with Crippen molar-refractivity contribution in [1.29, 1.82) is 0 Å². The second-order valence-electron chi connectivity index (χ2n) is 8.89. The van der Waals surface area contributed by atoms with Crippen LogP contribution in [-0.2, 0) is 23.0 Å². The lowest BCUT2D eigenvalue weighted by molar-refractivity contribution is 0.0690. The number of carboxylic acids is 1. The number of fused-ring (bicyclic) bond motifs is 1. The summed E-state index contributed by atoms with van der Waals surface area (Å²) in [6.45, 7) is 4.24. The van der Waals surface area contributed by atoms with Crippen LogP contribution < -0.4 is 4.72 Å². The van der Waals surface area contributed by atoms with E-state index in [9.17, 15) is 23.1 Å².